The number of hydrogen-bond donors (Lipinski definition) is 3. The van der Waals surface area contributed by atoms with E-state index >= 15 is 0 Å². The summed E-state index contributed by atoms with van der Waals surface area (Å²) in [5.41, 5.74) is 13.6. The summed E-state index contributed by atoms with van der Waals surface area (Å²) >= 11 is 5.54. The molecule has 4 aliphatic heterocycles. The first-order valence-corrected chi connectivity index (χ1v) is 57.1. The second-order valence-corrected chi connectivity index (χ2v) is 44.3. The molecular weight excluding hydrogens is 2120 g/mol. The van der Waals surface area contributed by atoms with Crippen molar-refractivity contribution in [3.8, 4) is 0 Å². The van der Waals surface area contributed by atoms with Gasteiger partial charge in [0.1, 0.15) is 59.2 Å². The molecule has 0 spiro atoms. The fourth-order valence-electron chi connectivity index (χ4n) is 17.0. The van der Waals surface area contributed by atoms with E-state index in [1.54, 1.807) is 53.6 Å². The number of aliphatic imine (C=N–C) groups is 1. The van der Waals surface area contributed by atoms with Crippen LogP contribution >= 0.6 is 72.3 Å². The molecule has 0 atom stereocenters. The third-order valence-electron chi connectivity index (χ3n) is 25.5. The van der Waals surface area contributed by atoms with Gasteiger partial charge < -0.3 is 14.7 Å². The number of nitrogens with zero attached hydrogens (tertiary/aromatic N) is 7. The molecule has 47 heteroatoms. The number of benzene rings is 8. The number of fused-ring (bicyclic) bond motifs is 10. The maximum absolute atomic E-state index is 14.2. The Morgan fingerprint density at radius 3 is 1.46 bits per heavy atom. The van der Waals surface area contributed by atoms with Gasteiger partial charge in [0.15, 0.2) is 17.1 Å². The van der Waals surface area contributed by atoms with Gasteiger partial charge in [0.2, 0.25) is 23.0 Å². The van der Waals surface area contributed by atoms with Crippen LogP contribution in [0, 0.1) is 0 Å². The molecule has 4 heterocycles. The zero-order valence-corrected chi connectivity index (χ0v) is 101. The van der Waals surface area contributed by atoms with Gasteiger partial charge in [-0.3, -0.25) is 24.3 Å². The molecule has 149 heavy (non-hydrogen) atoms. The third-order valence-corrected chi connectivity index (χ3v) is 32.1. The number of quaternary nitrogens is 1. The van der Waals surface area contributed by atoms with Crippen molar-refractivity contribution in [1.82, 2.24) is 10.4 Å². The van der Waals surface area contributed by atoms with Gasteiger partial charge in [0.05, 0.1) is 84.3 Å². The molecular formula is C102H146N8Na2O28S9+4. The standard InChI is InChI=1S/C33H36N2O10S3.C28H45N3O9S3.C15H15NO6S2.C15H22NO3S.C6H15N.C4H10.CH4.2Na/c1-24(36)34(26-14-8-7-9-15-26)19-11-6-5-10-16-30-33(2,3)32-28(35(30)20-12-13-21-46-45-43-41-4)18-17-25-22-27(47-44-42-37)23-29(31(25)32)48(38,39)40;1-9-29-35-38-40-42-23-19-22-15-16-24-27(26(22)25(20-23)43(32,33)36-31(10-2,11-3)12-4)28(6,7)21(5)30(24)17-13-14-18-41-39-37-34-8;1-8-15(2,3)14-11(16-8)5-4-9-6-10(23-22-21-17)7-12(13(9)14)24(18,19)20;1-12-15(2,3)13-8-5-6-9-14(13)16(12)10-7-11-20-19-18-17-4;1-4-7(5-2)6-3;1-3-4-2;;;/h5-11,14-19,22-23H,12-13,20-21H2,1-4H3,(H-,37,38,39,40);15-16,19-20,29H,9-14,17-18H2,1-8H3;4-7,17H,1-3H3,(H,18,19,20);5-6,8-9H,7,10-11H2,1-4H3;4-6H2,1-3H3;3-4H2,1-2H3;1H4;;/q;+2;;+1;;;;2*+1/p-1. The normalized spacial score (nSPS) is 14.6. The predicted molar refractivity (Wildman–Crippen MR) is 579 cm³/mol. The quantitative estimate of drug-likeness (QED) is 0.00367. The molecule has 8 aromatic carbocycles. The summed E-state index contributed by atoms with van der Waals surface area (Å²) in [6.45, 7) is 50.9. The fourth-order valence-corrected chi connectivity index (χ4v) is 23.0. The van der Waals surface area contributed by atoms with Gasteiger partial charge in [-0.1, -0.05) is 161 Å². The molecule has 36 nitrogen and oxygen atoms in total. The first kappa shape index (κ1) is 136. The Morgan fingerprint density at radius 1 is 0.510 bits per heavy atom. The Balaban J connectivity index is 0.000000414. The van der Waals surface area contributed by atoms with Gasteiger partial charge in [-0.2, -0.15) is 45.0 Å². The van der Waals surface area contributed by atoms with Crippen LogP contribution < -0.4 is 74.8 Å². The Labute approximate surface area is 949 Å². The van der Waals surface area contributed by atoms with E-state index in [1.165, 1.54) is 114 Å². The molecule has 0 fully saturated rings. The van der Waals surface area contributed by atoms with Crippen LogP contribution in [0.3, 0.4) is 0 Å². The first-order chi connectivity index (χ1) is 69.5. The van der Waals surface area contributed by atoms with Crippen LogP contribution in [0.1, 0.15) is 220 Å². The number of rotatable bonds is 52. The Hall–Kier alpha value is -5.10. The maximum Gasteiger partial charge on any atom is 1.00 e. The summed E-state index contributed by atoms with van der Waals surface area (Å²) in [7, 11) is -9.52. The van der Waals surface area contributed by atoms with Crippen LogP contribution in [-0.2, 0) is 137 Å². The summed E-state index contributed by atoms with van der Waals surface area (Å²) in [5, 5.41) is 46.8. The summed E-state index contributed by atoms with van der Waals surface area (Å²) in [6.07, 6.45) is 17.9. The van der Waals surface area contributed by atoms with Gasteiger partial charge in [0.25, 0.3) is 10.1 Å². The third kappa shape index (κ3) is 37.5. The number of allylic oxidation sites excluding steroid dienone is 5. The van der Waals surface area contributed by atoms with Crippen molar-refractivity contribution in [2.24, 2.45) is 4.99 Å². The summed E-state index contributed by atoms with van der Waals surface area (Å²) in [5.74, 6) is 2.11. The minimum atomic E-state index is -4.95. The van der Waals surface area contributed by atoms with Crippen molar-refractivity contribution in [3.05, 3.63) is 186 Å². The Bertz CT molecular complexity index is 6200. The molecule has 12 rings (SSSR count). The second kappa shape index (κ2) is 66.6. The van der Waals surface area contributed by atoms with E-state index in [0.29, 0.717) is 111 Å². The number of amides is 1. The molecule has 0 aromatic heterocycles. The summed E-state index contributed by atoms with van der Waals surface area (Å²) < 4.78 is 141. The van der Waals surface area contributed by atoms with Gasteiger partial charge in [-0.05, 0) is 201 Å². The first-order valence-electron chi connectivity index (χ1n) is 47.9. The fraction of sp³-hybridized carbons (Fsp3) is 0.480. The molecule has 814 valence electrons. The maximum atomic E-state index is 14.2. The Kier molecular flexibility index (Phi) is 60.8. The minimum absolute atomic E-state index is 0. The molecule has 4 aliphatic rings. The number of carbonyl (C=O) groups excluding carboxylic acids is 1. The zero-order chi connectivity index (χ0) is 108. The van der Waals surface area contributed by atoms with Crippen LogP contribution in [0.15, 0.2) is 198 Å². The van der Waals surface area contributed by atoms with Crippen molar-refractivity contribution in [2.75, 3.05) is 109 Å². The number of unbranched alkanes of at least 4 members (excludes halogenated alkanes) is 3. The SMILES string of the molecule is C.CC1=Nc2ccc3cc(SOOO)cc(S(=O)(=O)O)c3c2C1(C)C.CCCC.CCN(CC)CC.CCNOOOSc1cc(S(=O)(=O)O[N+](CC)(CC)CC)c2c3c(ccc2c1)[N+](CCCCSOOOC)=C(C)C3(C)C.COOOSCCCC[N+]1=C(/C=C/C=C/C=C/N(C(C)=O)c2ccccc2)C(C)(C)c2c1ccc1cc(SOO[O-])cc(S(=O)(=O)[O-])c21.COOOSCCC[N+]1=C(C)C(C)(C)c2ccccc21.[Na+].[Na+]. The van der Waals surface area contributed by atoms with Crippen LogP contribution in [0.25, 0.3) is 32.3 Å². The van der Waals surface area contributed by atoms with Crippen molar-refractivity contribution >= 4 is 192 Å². The average Bonchev–Trinajstić information content (AvgIpc) is 1.57. The summed E-state index contributed by atoms with van der Waals surface area (Å²) in [4.78, 5) is 39.1. The summed E-state index contributed by atoms with van der Waals surface area (Å²) in [6, 6.07) is 38.4. The van der Waals surface area contributed by atoms with Crippen molar-refractivity contribution in [1.29, 1.82) is 0 Å². The number of hydrogen-bond acceptors (Lipinski definition) is 36. The molecule has 0 saturated carbocycles. The van der Waals surface area contributed by atoms with E-state index < -0.39 is 51.5 Å². The molecule has 0 saturated heterocycles. The molecule has 8 aromatic rings. The van der Waals surface area contributed by atoms with E-state index in [9.17, 15) is 44.4 Å². The van der Waals surface area contributed by atoms with Crippen molar-refractivity contribution in [2.45, 2.75) is 249 Å². The van der Waals surface area contributed by atoms with E-state index in [0.717, 1.165) is 131 Å². The van der Waals surface area contributed by atoms with Gasteiger partial charge in [-0.25, -0.2) is 28.3 Å². The molecule has 1 amide bonds. The van der Waals surface area contributed by atoms with Crippen molar-refractivity contribution in [3.63, 3.8) is 0 Å². The number of nitrogens with one attached hydrogen (secondary N) is 1. The molecule has 0 radical (unpaired) electrons. The predicted octanol–water partition coefficient (Wildman–Crippen LogP) is 17.4. The second-order valence-electron chi connectivity index (χ2n) is 35.4. The van der Waals surface area contributed by atoms with Gasteiger partial charge >= 0.3 is 69.2 Å². The average molecular weight is 2270 g/mol. The molecule has 3 N–H and O–H groups in total. The van der Waals surface area contributed by atoms with Gasteiger partial charge in [-0.15, -0.1) is 26.7 Å². The number of hydroxylamine groups is 4. The largest absolute Gasteiger partial charge is 1.00 e. The number of carbonyl (C=O) groups is 1. The van der Waals surface area contributed by atoms with E-state index in [1.807, 2.05) is 135 Å². The van der Waals surface area contributed by atoms with E-state index in [4.69, 9.17) is 36.9 Å². The van der Waals surface area contributed by atoms with Crippen LogP contribution in [0.5, 0.6) is 0 Å². The van der Waals surface area contributed by atoms with Crippen LogP contribution in [0.2, 0.25) is 0 Å². The van der Waals surface area contributed by atoms with Crippen LogP contribution in [-0.4, -0.2) is 196 Å². The van der Waals surface area contributed by atoms with Gasteiger partial charge in [0, 0.05) is 195 Å². The van der Waals surface area contributed by atoms with Crippen molar-refractivity contribution < 1.29 is 207 Å². The monoisotopic (exact) mass is 2260 g/mol. The number of para-hydroxylation sites is 2. The van der Waals surface area contributed by atoms with Crippen LogP contribution in [0.4, 0.5) is 28.4 Å². The zero-order valence-electron chi connectivity index (χ0n) is 89.5. The van der Waals surface area contributed by atoms with E-state index in [-0.39, 0.29) is 97.2 Å². The molecule has 0 unspecified atom stereocenters. The Morgan fingerprint density at radius 2 is 0.966 bits per heavy atom. The molecule has 0 bridgehead atoms. The number of anilines is 1. The molecule has 0 aliphatic carbocycles. The topological polar surface area (TPSA) is 403 Å². The smallest absolute Gasteiger partial charge is 0.744 e. The minimum Gasteiger partial charge on any atom is -0.744 e. The van der Waals surface area contributed by atoms with E-state index in [2.05, 4.69) is 184 Å².